The summed E-state index contributed by atoms with van der Waals surface area (Å²) in [5.41, 5.74) is 0.712. The molecule has 2 rings (SSSR count). The van der Waals surface area contributed by atoms with E-state index < -0.39 is 0 Å². The van der Waals surface area contributed by atoms with Crippen molar-refractivity contribution in [2.24, 2.45) is 7.05 Å². The highest BCUT2D eigenvalue weighted by atomic mass is 16.5. The molecular formula is C15H17N3O4. The van der Waals surface area contributed by atoms with Crippen LogP contribution in [-0.4, -0.2) is 29.9 Å². The highest BCUT2D eigenvalue weighted by molar-refractivity contribution is 5.91. The number of nitrogens with zero attached hydrogens (tertiary/aromatic N) is 2. The average Bonchev–Trinajstić information content (AvgIpc) is 2.54. The van der Waals surface area contributed by atoms with Gasteiger partial charge in [-0.15, -0.1) is 0 Å². The Labute approximate surface area is 127 Å². The van der Waals surface area contributed by atoms with E-state index in [0.717, 1.165) is 10.2 Å². The molecule has 0 aliphatic rings. The maximum Gasteiger partial charge on any atom is 0.271 e. The van der Waals surface area contributed by atoms with E-state index >= 15 is 0 Å². The lowest BCUT2D eigenvalue weighted by atomic mass is 10.2. The van der Waals surface area contributed by atoms with Crippen LogP contribution in [0.15, 0.2) is 35.1 Å². The fourth-order valence-electron chi connectivity index (χ4n) is 1.89. The molecule has 7 heteroatoms. The molecule has 116 valence electrons. The minimum Gasteiger partial charge on any atom is -0.497 e. The van der Waals surface area contributed by atoms with Crippen molar-refractivity contribution in [3.05, 3.63) is 51.9 Å². The largest absolute Gasteiger partial charge is 0.497 e. The van der Waals surface area contributed by atoms with E-state index in [9.17, 15) is 9.59 Å². The average molecular weight is 303 g/mol. The summed E-state index contributed by atoms with van der Waals surface area (Å²) >= 11 is 0. The molecule has 1 amide bonds. The highest BCUT2D eigenvalue weighted by Gasteiger charge is 2.10. The van der Waals surface area contributed by atoms with E-state index in [0.29, 0.717) is 11.5 Å². The number of benzene rings is 1. The van der Waals surface area contributed by atoms with Gasteiger partial charge in [-0.2, -0.15) is 5.10 Å². The maximum absolute atomic E-state index is 12.0. The first-order valence-corrected chi connectivity index (χ1v) is 6.58. The predicted octanol–water partition coefficient (Wildman–Crippen LogP) is 0.727. The minimum atomic E-state index is -0.367. The molecule has 0 saturated carbocycles. The molecule has 1 aromatic carbocycles. The van der Waals surface area contributed by atoms with Gasteiger partial charge in [0.1, 0.15) is 17.2 Å². The summed E-state index contributed by atoms with van der Waals surface area (Å²) in [6.45, 7) is 0.274. The van der Waals surface area contributed by atoms with Crippen molar-refractivity contribution in [1.82, 2.24) is 15.1 Å². The fourth-order valence-corrected chi connectivity index (χ4v) is 1.89. The number of rotatable bonds is 5. The lowest BCUT2D eigenvalue weighted by Gasteiger charge is -2.11. The topological polar surface area (TPSA) is 82.5 Å². The van der Waals surface area contributed by atoms with Gasteiger partial charge in [-0.3, -0.25) is 9.59 Å². The number of hydrogen-bond acceptors (Lipinski definition) is 5. The summed E-state index contributed by atoms with van der Waals surface area (Å²) in [6, 6.07) is 8.03. The number of aromatic nitrogens is 2. The lowest BCUT2D eigenvalue weighted by molar-refractivity contribution is 0.0943. The third kappa shape index (κ3) is 3.43. The summed E-state index contributed by atoms with van der Waals surface area (Å²) in [6.07, 6.45) is 0. The molecule has 0 saturated heterocycles. The monoisotopic (exact) mass is 303 g/mol. The van der Waals surface area contributed by atoms with Crippen LogP contribution in [0.25, 0.3) is 0 Å². The molecular weight excluding hydrogens is 286 g/mol. The Kier molecular flexibility index (Phi) is 4.77. The van der Waals surface area contributed by atoms with Crippen LogP contribution >= 0.6 is 0 Å². The van der Waals surface area contributed by atoms with Crippen LogP contribution in [0.3, 0.4) is 0 Å². The van der Waals surface area contributed by atoms with Gasteiger partial charge in [-0.05, 0) is 18.2 Å². The van der Waals surface area contributed by atoms with Gasteiger partial charge in [0.15, 0.2) is 0 Å². The smallest absolute Gasteiger partial charge is 0.271 e. The number of amides is 1. The van der Waals surface area contributed by atoms with Crippen molar-refractivity contribution in [3.8, 4) is 11.5 Å². The molecule has 22 heavy (non-hydrogen) atoms. The molecule has 1 heterocycles. The van der Waals surface area contributed by atoms with E-state index in [1.54, 1.807) is 26.4 Å². The number of carbonyl (C=O) groups excluding carboxylic acids is 1. The van der Waals surface area contributed by atoms with Crippen molar-refractivity contribution in [2.75, 3.05) is 14.2 Å². The van der Waals surface area contributed by atoms with E-state index in [-0.39, 0.29) is 23.7 Å². The normalized spacial score (nSPS) is 10.1. The second-order valence-electron chi connectivity index (χ2n) is 4.54. The third-order valence-electron chi connectivity index (χ3n) is 3.13. The summed E-state index contributed by atoms with van der Waals surface area (Å²) in [5.74, 6) is 0.924. The summed E-state index contributed by atoms with van der Waals surface area (Å²) in [7, 11) is 4.61. The van der Waals surface area contributed by atoms with Crippen molar-refractivity contribution in [3.63, 3.8) is 0 Å². The fraction of sp³-hybridized carbons (Fsp3) is 0.267. The minimum absolute atomic E-state index is 0.176. The Morgan fingerprint density at radius 3 is 2.64 bits per heavy atom. The van der Waals surface area contributed by atoms with Crippen LogP contribution in [0.2, 0.25) is 0 Å². The molecule has 0 unspecified atom stereocenters. The summed E-state index contributed by atoms with van der Waals surface area (Å²) in [4.78, 5) is 23.3. The van der Waals surface area contributed by atoms with E-state index in [1.165, 1.54) is 19.2 Å². The van der Waals surface area contributed by atoms with Crippen molar-refractivity contribution in [1.29, 1.82) is 0 Å². The lowest BCUT2D eigenvalue weighted by Crippen LogP contribution is -2.28. The van der Waals surface area contributed by atoms with Crippen LogP contribution in [-0.2, 0) is 13.6 Å². The van der Waals surface area contributed by atoms with E-state index in [2.05, 4.69) is 10.4 Å². The Bertz CT molecular complexity index is 740. The quantitative estimate of drug-likeness (QED) is 0.880. The highest BCUT2D eigenvalue weighted by Crippen LogP contribution is 2.24. The zero-order valence-electron chi connectivity index (χ0n) is 12.6. The number of aryl methyl sites for hydroxylation is 1. The SMILES string of the molecule is COc1ccc(CNC(=O)c2ccc(=O)n(C)n2)c(OC)c1. The van der Waals surface area contributed by atoms with Gasteiger partial charge in [0.2, 0.25) is 0 Å². The second kappa shape index (κ2) is 6.75. The molecule has 0 aliphatic carbocycles. The summed E-state index contributed by atoms with van der Waals surface area (Å²) in [5, 5.41) is 6.63. The Morgan fingerprint density at radius 2 is 2.00 bits per heavy atom. The molecule has 1 N–H and O–H groups in total. The molecule has 7 nitrogen and oxygen atoms in total. The zero-order chi connectivity index (χ0) is 16.1. The van der Waals surface area contributed by atoms with E-state index in [1.807, 2.05) is 6.07 Å². The van der Waals surface area contributed by atoms with Crippen LogP contribution < -0.4 is 20.3 Å². The van der Waals surface area contributed by atoms with Gasteiger partial charge < -0.3 is 14.8 Å². The standard InChI is InChI=1S/C15H17N3O4/c1-18-14(19)7-6-12(17-18)15(20)16-9-10-4-5-11(21-2)8-13(10)22-3/h4-8H,9H2,1-3H3,(H,16,20). The first-order chi connectivity index (χ1) is 10.5. The molecule has 0 spiro atoms. The van der Waals surface area contributed by atoms with Gasteiger partial charge in [-0.1, -0.05) is 0 Å². The predicted molar refractivity (Wildman–Crippen MR) is 80.2 cm³/mol. The number of methoxy groups -OCH3 is 2. The number of ether oxygens (including phenoxy) is 2. The number of carbonyl (C=O) groups is 1. The van der Waals surface area contributed by atoms with Gasteiger partial charge in [0.25, 0.3) is 11.5 Å². The maximum atomic E-state index is 12.0. The molecule has 0 fully saturated rings. The zero-order valence-corrected chi connectivity index (χ0v) is 12.6. The Hall–Kier alpha value is -2.83. The molecule has 2 aromatic rings. The van der Waals surface area contributed by atoms with Crippen LogP contribution in [0.1, 0.15) is 16.1 Å². The molecule has 0 bridgehead atoms. The molecule has 0 atom stereocenters. The number of hydrogen-bond donors (Lipinski definition) is 1. The van der Waals surface area contributed by atoms with Crippen LogP contribution in [0.5, 0.6) is 11.5 Å². The van der Waals surface area contributed by atoms with Crippen molar-refractivity contribution in [2.45, 2.75) is 6.54 Å². The van der Waals surface area contributed by atoms with Crippen LogP contribution in [0.4, 0.5) is 0 Å². The van der Waals surface area contributed by atoms with Crippen molar-refractivity contribution >= 4 is 5.91 Å². The van der Waals surface area contributed by atoms with Crippen LogP contribution in [0, 0.1) is 0 Å². The Morgan fingerprint density at radius 1 is 1.23 bits per heavy atom. The molecule has 1 aromatic heterocycles. The first-order valence-electron chi connectivity index (χ1n) is 6.58. The van der Waals surface area contributed by atoms with Crippen molar-refractivity contribution < 1.29 is 14.3 Å². The Balaban J connectivity index is 2.10. The third-order valence-corrected chi connectivity index (χ3v) is 3.13. The molecule has 0 radical (unpaired) electrons. The van der Waals surface area contributed by atoms with Gasteiger partial charge in [0, 0.05) is 31.3 Å². The second-order valence-corrected chi connectivity index (χ2v) is 4.54. The first kappa shape index (κ1) is 15.6. The van der Waals surface area contributed by atoms with E-state index in [4.69, 9.17) is 9.47 Å². The van der Waals surface area contributed by atoms with Gasteiger partial charge in [0.05, 0.1) is 14.2 Å². The number of nitrogens with one attached hydrogen (secondary N) is 1. The van der Waals surface area contributed by atoms with Gasteiger partial charge >= 0.3 is 0 Å². The van der Waals surface area contributed by atoms with Gasteiger partial charge in [-0.25, -0.2) is 4.68 Å². The molecule has 0 aliphatic heterocycles. The summed E-state index contributed by atoms with van der Waals surface area (Å²) < 4.78 is 11.5.